The number of hydrogen-bond donors (Lipinski definition) is 2. The maximum Gasteiger partial charge on any atom is 0.343 e. The van der Waals surface area contributed by atoms with Crippen molar-refractivity contribution in [2.75, 3.05) is 5.73 Å². The van der Waals surface area contributed by atoms with Crippen molar-refractivity contribution < 1.29 is 4.92 Å². The zero-order valence-corrected chi connectivity index (χ0v) is 10.8. The number of rotatable bonds is 4. The Bertz CT molecular complexity index is 678. The number of nitrogens with two attached hydrogens (primary N) is 1. The lowest BCUT2D eigenvalue weighted by Crippen LogP contribution is -2.12. The van der Waals surface area contributed by atoms with Gasteiger partial charge in [-0.25, -0.2) is 9.89 Å². The molecule has 1 aromatic carbocycles. The summed E-state index contributed by atoms with van der Waals surface area (Å²) in [5.74, 6) is 0.458. The fourth-order valence-corrected chi connectivity index (χ4v) is 2.31. The number of nitrogens with zero attached hydrogens (tertiary/aromatic N) is 3. The van der Waals surface area contributed by atoms with Gasteiger partial charge in [-0.2, -0.15) is 0 Å². The Morgan fingerprint density at radius 2 is 2.32 bits per heavy atom. The van der Waals surface area contributed by atoms with Crippen LogP contribution in [0, 0.1) is 10.1 Å². The van der Waals surface area contributed by atoms with Crippen molar-refractivity contribution in [1.82, 2.24) is 14.8 Å². The lowest BCUT2D eigenvalue weighted by atomic mass is 10.2. The summed E-state index contributed by atoms with van der Waals surface area (Å²) in [5.41, 5.74) is 5.96. The number of benzene rings is 1. The fourth-order valence-electron chi connectivity index (χ4n) is 1.45. The van der Waals surface area contributed by atoms with Gasteiger partial charge in [0.05, 0.1) is 4.92 Å². The van der Waals surface area contributed by atoms with Gasteiger partial charge >= 0.3 is 5.69 Å². The molecule has 0 fully saturated rings. The van der Waals surface area contributed by atoms with Crippen LogP contribution in [-0.4, -0.2) is 19.7 Å². The lowest BCUT2D eigenvalue weighted by Gasteiger charge is -2.02. The predicted octanol–water partition coefficient (Wildman–Crippen LogP) is 0.891. The van der Waals surface area contributed by atoms with Gasteiger partial charge in [0, 0.05) is 18.9 Å². The third-order valence-electron chi connectivity index (χ3n) is 2.50. The van der Waals surface area contributed by atoms with Crippen LogP contribution in [0.25, 0.3) is 0 Å². The molecule has 2 rings (SSSR count). The van der Waals surface area contributed by atoms with E-state index in [4.69, 9.17) is 5.73 Å². The molecule has 0 amide bonds. The number of nitro benzene ring substituents is 1. The highest BCUT2D eigenvalue weighted by atomic mass is 32.2. The molecule has 0 atom stereocenters. The summed E-state index contributed by atoms with van der Waals surface area (Å²) in [6.07, 6.45) is 0. The first-order valence-corrected chi connectivity index (χ1v) is 6.24. The molecule has 8 nitrogen and oxygen atoms in total. The molecule has 19 heavy (non-hydrogen) atoms. The molecule has 100 valence electrons. The Kier molecular flexibility index (Phi) is 3.56. The standard InChI is InChI=1S/C10H11N5O3S/c1-14-9(16)12-13-10(14)19-5-6-2-3-7(11)8(4-6)15(17)18/h2-4H,5,11H2,1H3,(H,12,16). The van der Waals surface area contributed by atoms with E-state index in [-0.39, 0.29) is 17.1 Å². The number of nitro groups is 1. The molecule has 1 aromatic heterocycles. The van der Waals surface area contributed by atoms with Crippen LogP contribution < -0.4 is 11.4 Å². The van der Waals surface area contributed by atoms with E-state index >= 15 is 0 Å². The van der Waals surface area contributed by atoms with E-state index < -0.39 is 4.92 Å². The number of aromatic nitrogens is 3. The number of hydrogen-bond acceptors (Lipinski definition) is 6. The molecule has 3 N–H and O–H groups in total. The zero-order valence-electron chi connectivity index (χ0n) is 9.99. The number of anilines is 1. The molecule has 0 spiro atoms. The number of nitrogens with one attached hydrogen (secondary N) is 1. The summed E-state index contributed by atoms with van der Waals surface area (Å²) in [4.78, 5) is 21.4. The van der Waals surface area contributed by atoms with Crippen molar-refractivity contribution in [3.63, 3.8) is 0 Å². The molecule has 0 aliphatic rings. The van der Waals surface area contributed by atoms with Crippen LogP contribution in [0.3, 0.4) is 0 Å². The average Bonchev–Trinajstić information content (AvgIpc) is 2.69. The molecule has 0 bridgehead atoms. The summed E-state index contributed by atoms with van der Waals surface area (Å²) in [5, 5.41) is 17.4. The molecule has 9 heteroatoms. The predicted molar refractivity (Wildman–Crippen MR) is 70.9 cm³/mol. The molecule has 0 saturated heterocycles. The van der Waals surface area contributed by atoms with E-state index in [1.165, 1.54) is 28.5 Å². The highest BCUT2D eigenvalue weighted by Gasteiger charge is 2.12. The number of H-pyrrole nitrogens is 1. The second-order valence-electron chi connectivity index (χ2n) is 3.81. The van der Waals surface area contributed by atoms with E-state index in [1.54, 1.807) is 13.1 Å². The van der Waals surface area contributed by atoms with E-state index in [0.29, 0.717) is 10.9 Å². The Hall–Kier alpha value is -2.29. The molecule has 0 saturated carbocycles. The molecular formula is C10H11N5O3S. The molecule has 0 radical (unpaired) electrons. The van der Waals surface area contributed by atoms with Crippen LogP contribution in [0.2, 0.25) is 0 Å². The van der Waals surface area contributed by atoms with Gasteiger partial charge in [0.1, 0.15) is 5.69 Å². The van der Waals surface area contributed by atoms with Crippen molar-refractivity contribution in [3.05, 3.63) is 44.4 Å². The van der Waals surface area contributed by atoms with Gasteiger partial charge in [-0.3, -0.25) is 14.7 Å². The number of aromatic amines is 1. The number of nitrogen functional groups attached to an aromatic ring is 1. The van der Waals surface area contributed by atoms with Crippen molar-refractivity contribution in [1.29, 1.82) is 0 Å². The van der Waals surface area contributed by atoms with Crippen LogP contribution in [0.5, 0.6) is 0 Å². The largest absolute Gasteiger partial charge is 0.393 e. The molecule has 1 heterocycles. The van der Waals surface area contributed by atoms with Gasteiger partial charge in [-0.1, -0.05) is 17.8 Å². The first-order chi connectivity index (χ1) is 8.99. The normalized spacial score (nSPS) is 10.6. The van der Waals surface area contributed by atoms with E-state index in [9.17, 15) is 14.9 Å². The summed E-state index contributed by atoms with van der Waals surface area (Å²) >= 11 is 1.30. The topological polar surface area (TPSA) is 120 Å². The van der Waals surface area contributed by atoms with Crippen LogP contribution >= 0.6 is 11.8 Å². The molecule has 0 aliphatic carbocycles. The van der Waals surface area contributed by atoms with Crippen molar-refractivity contribution >= 4 is 23.1 Å². The van der Waals surface area contributed by atoms with Gasteiger partial charge in [0.25, 0.3) is 5.69 Å². The Morgan fingerprint density at radius 3 is 2.89 bits per heavy atom. The van der Waals surface area contributed by atoms with Crippen LogP contribution in [0.1, 0.15) is 5.56 Å². The molecule has 0 aliphatic heterocycles. The summed E-state index contributed by atoms with van der Waals surface area (Å²) < 4.78 is 1.37. The van der Waals surface area contributed by atoms with Crippen molar-refractivity contribution in [3.8, 4) is 0 Å². The first kappa shape index (κ1) is 13.1. The molecular weight excluding hydrogens is 270 g/mol. The van der Waals surface area contributed by atoms with Crippen molar-refractivity contribution in [2.45, 2.75) is 10.9 Å². The minimum absolute atomic E-state index is 0.117. The smallest absolute Gasteiger partial charge is 0.343 e. The molecule has 0 unspecified atom stereocenters. The van der Waals surface area contributed by atoms with Crippen LogP contribution in [0.4, 0.5) is 11.4 Å². The van der Waals surface area contributed by atoms with Gasteiger partial charge in [-0.05, 0) is 11.6 Å². The third-order valence-corrected chi connectivity index (χ3v) is 3.60. The maximum atomic E-state index is 11.2. The molecule has 2 aromatic rings. The van der Waals surface area contributed by atoms with Gasteiger partial charge in [-0.15, -0.1) is 5.10 Å². The average molecular weight is 281 g/mol. The summed E-state index contributed by atoms with van der Waals surface area (Å²) in [7, 11) is 1.60. The second kappa shape index (κ2) is 5.14. The quantitative estimate of drug-likeness (QED) is 0.371. The monoisotopic (exact) mass is 281 g/mol. The number of thioether (sulfide) groups is 1. The van der Waals surface area contributed by atoms with E-state index in [2.05, 4.69) is 10.2 Å². The minimum atomic E-state index is -0.520. The van der Waals surface area contributed by atoms with Crippen molar-refractivity contribution in [2.24, 2.45) is 7.05 Å². The van der Waals surface area contributed by atoms with Gasteiger partial charge in [0.15, 0.2) is 5.16 Å². The second-order valence-corrected chi connectivity index (χ2v) is 4.75. The maximum absolute atomic E-state index is 11.2. The first-order valence-electron chi connectivity index (χ1n) is 5.26. The highest BCUT2D eigenvalue weighted by molar-refractivity contribution is 7.98. The van der Waals surface area contributed by atoms with Crippen LogP contribution in [-0.2, 0) is 12.8 Å². The highest BCUT2D eigenvalue weighted by Crippen LogP contribution is 2.26. The minimum Gasteiger partial charge on any atom is -0.393 e. The Labute approximate surface area is 111 Å². The lowest BCUT2D eigenvalue weighted by molar-refractivity contribution is -0.383. The van der Waals surface area contributed by atoms with E-state index in [1.807, 2.05) is 0 Å². The van der Waals surface area contributed by atoms with E-state index in [0.717, 1.165) is 5.56 Å². The third kappa shape index (κ3) is 2.76. The summed E-state index contributed by atoms with van der Waals surface area (Å²) in [6.45, 7) is 0. The fraction of sp³-hybridized carbons (Fsp3) is 0.200. The van der Waals surface area contributed by atoms with Gasteiger partial charge in [0.2, 0.25) is 0 Å². The SMILES string of the molecule is Cn1c(SCc2ccc(N)c([N+](=O)[O-])c2)n[nH]c1=O. The zero-order chi connectivity index (χ0) is 14.0. The van der Waals surface area contributed by atoms with Crippen LogP contribution in [0.15, 0.2) is 28.2 Å². The Morgan fingerprint density at radius 1 is 1.58 bits per heavy atom. The van der Waals surface area contributed by atoms with Gasteiger partial charge < -0.3 is 5.73 Å². The summed E-state index contributed by atoms with van der Waals surface area (Å²) in [6, 6.07) is 4.63. The Balaban J connectivity index is 2.16.